The number of aliphatic carboxylic acids is 1. The van der Waals surface area contributed by atoms with E-state index < -0.39 is 251 Å². The number of carboxylic acids is 1. The van der Waals surface area contributed by atoms with Gasteiger partial charge in [-0.3, -0.25) is 101 Å². The highest BCUT2D eigenvalue weighted by atomic mass is 16.4. The van der Waals surface area contributed by atoms with Gasteiger partial charge in [-0.15, -0.1) is 0 Å². The molecule has 0 aliphatic rings. The molecule has 812 valence electrons. The van der Waals surface area contributed by atoms with Crippen molar-refractivity contribution in [2.45, 2.75) is 383 Å². The largest absolute Gasteiger partial charge is 0.480 e. The van der Waals surface area contributed by atoms with E-state index in [4.69, 9.17) is 57.3 Å². The normalized spacial score (nSPS) is 15.6. The van der Waals surface area contributed by atoms with Gasteiger partial charge in [0.25, 0.3) is 0 Å². The topological polar surface area (TPSA) is 879 Å². The second kappa shape index (κ2) is 73.5. The molecular formula is C90H170N30O22. The Kier molecular flexibility index (Phi) is 67.6. The molecule has 0 unspecified atom stereocenters. The number of hydrogen-bond acceptors (Lipinski definition) is 31. The Hall–Kier alpha value is -11.5. The molecule has 20 amide bonds. The number of carbonyl (C=O) groups is 21. The molecule has 0 bridgehead atoms. The van der Waals surface area contributed by atoms with Gasteiger partial charge in [0, 0.05) is 0 Å². The number of carbonyl (C=O) groups excluding carboxylic acids is 20. The lowest BCUT2D eigenvalue weighted by molar-refractivity contribution is -0.141. The molecule has 0 aromatic rings. The van der Waals surface area contributed by atoms with E-state index >= 15 is 0 Å². The average Bonchev–Trinajstić information content (AvgIpc) is 0.856. The van der Waals surface area contributed by atoms with Crippen molar-refractivity contribution in [2.75, 3.05) is 58.9 Å². The minimum Gasteiger partial charge on any atom is -0.480 e. The fourth-order valence-electron chi connectivity index (χ4n) is 13.7. The first-order valence-corrected chi connectivity index (χ1v) is 49.5. The third-order valence-corrected chi connectivity index (χ3v) is 22.9. The molecule has 0 aromatic heterocycles. The fraction of sp³-hybridized carbons (Fsp3) is 0.767. The number of rotatable bonds is 77. The predicted octanol–water partition coefficient (Wildman–Crippen LogP) is -9.51. The molecule has 0 aliphatic heterocycles. The Labute approximate surface area is 832 Å². The monoisotopic (exact) mass is 2020 g/mol. The highest BCUT2D eigenvalue weighted by Gasteiger charge is 2.38. The maximum atomic E-state index is 14.3. The Morgan fingerprint density at radius 3 is 0.401 bits per heavy atom. The van der Waals surface area contributed by atoms with Gasteiger partial charge in [0.05, 0.1) is 6.04 Å². The van der Waals surface area contributed by atoms with E-state index in [9.17, 15) is 106 Å². The molecule has 0 spiro atoms. The van der Waals surface area contributed by atoms with Crippen molar-refractivity contribution in [3.63, 3.8) is 0 Å². The van der Waals surface area contributed by atoms with Crippen molar-refractivity contribution < 1.29 is 106 Å². The van der Waals surface area contributed by atoms with E-state index in [1.54, 1.807) is 0 Å². The zero-order chi connectivity index (χ0) is 108. The first kappa shape index (κ1) is 130. The standard InChI is InChI=1S/C90H170N30O22/c1-49(106-81(132)61(100)31-13-22-40-91)70(121)101-57(9)78(129)115-67(37-19-28-46-97)87(138)118-64(34-16-25-43-94)84(135)109-52(4)73(124)102-55(7)76(127)113-62(32-14-23-41-92)82(133)107-50(2)71(122)104-58(10)79(130)116-68(38-20-29-47-98)88(139)119-65(35-17-26-44-95)85(136)110-53(5)74(125)103-56(8)77(128)114-63(33-15-24-42-93)83(134)108-51(3)72(123)105-59(11)80(131)117-69(39-21-30-48-99)89(140)120-66(36-18-27-45-96)86(137)111-54(6)75(126)112-60(12)90(141)142/h49-69H,13-48,91-100H2,1-12H3,(H,101,121)(H,102,124)(H,103,125)(H,104,122)(H,105,123)(H,106,132)(H,107,133)(H,108,134)(H,109,135)(H,110,136)(H,111,137)(H,112,126)(H,113,127)(H,114,128)(H,115,129)(H,116,130)(H,117,131)(H,118,138)(H,119,139)(H,120,140)(H,141,142)/t49-,50-,51-,52-,53-,54-,55-,56-,57-,58-,59-,60-,61-,62-,63-,64-,65-,66-,67-,68-,69-/m0/s1. The van der Waals surface area contributed by atoms with Gasteiger partial charge in [0.2, 0.25) is 118 Å². The molecule has 0 aromatic carbocycles. The molecule has 21 atom stereocenters. The summed E-state index contributed by atoms with van der Waals surface area (Å²) in [4.78, 5) is 286. The molecule has 0 aliphatic carbocycles. The molecule has 0 rings (SSSR count). The third-order valence-electron chi connectivity index (χ3n) is 22.9. The smallest absolute Gasteiger partial charge is 0.325 e. The van der Waals surface area contributed by atoms with Crippen molar-refractivity contribution in [3.8, 4) is 0 Å². The van der Waals surface area contributed by atoms with Gasteiger partial charge in [-0.2, -0.15) is 0 Å². The van der Waals surface area contributed by atoms with Gasteiger partial charge in [0.1, 0.15) is 121 Å². The van der Waals surface area contributed by atoms with Gasteiger partial charge >= 0.3 is 5.97 Å². The molecule has 41 N–H and O–H groups in total. The Morgan fingerprint density at radius 1 is 0.155 bits per heavy atom. The number of nitrogens with two attached hydrogens (primary N) is 10. The summed E-state index contributed by atoms with van der Waals surface area (Å²) in [6.45, 7) is 17.9. The Balaban J connectivity index is 6.36. The molecule has 142 heavy (non-hydrogen) atoms. The Bertz CT molecular complexity index is 3980. The second-order valence-corrected chi connectivity index (χ2v) is 35.8. The van der Waals surface area contributed by atoms with Crippen molar-refractivity contribution in [3.05, 3.63) is 0 Å². The zero-order valence-corrected chi connectivity index (χ0v) is 84.9. The maximum Gasteiger partial charge on any atom is 0.325 e. The summed E-state index contributed by atoms with van der Waals surface area (Å²) >= 11 is 0. The number of unbranched alkanes of at least 4 members (excludes halogenated alkanes) is 9. The first-order chi connectivity index (χ1) is 67.1. The van der Waals surface area contributed by atoms with Crippen LogP contribution in [-0.2, 0) is 101 Å². The first-order valence-electron chi connectivity index (χ1n) is 49.5. The number of hydrogen-bond donors (Lipinski definition) is 31. The van der Waals surface area contributed by atoms with Crippen LogP contribution in [0.3, 0.4) is 0 Å². The fourth-order valence-corrected chi connectivity index (χ4v) is 13.7. The van der Waals surface area contributed by atoms with Crippen LogP contribution in [0.2, 0.25) is 0 Å². The second-order valence-electron chi connectivity index (χ2n) is 35.8. The van der Waals surface area contributed by atoms with Crippen molar-refractivity contribution in [1.82, 2.24) is 106 Å². The summed E-state index contributed by atoms with van der Waals surface area (Å²) in [5, 5.41) is 60.0. The summed E-state index contributed by atoms with van der Waals surface area (Å²) in [5.41, 5.74) is 57.5. The minimum atomic E-state index is -1.39. The van der Waals surface area contributed by atoms with Crippen LogP contribution in [0.4, 0.5) is 0 Å². The molecule has 52 heteroatoms. The van der Waals surface area contributed by atoms with Crippen LogP contribution in [0.25, 0.3) is 0 Å². The van der Waals surface area contributed by atoms with Crippen LogP contribution in [0.1, 0.15) is 256 Å². The van der Waals surface area contributed by atoms with E-state index in [0.717, 1.165) is 0 Å². The van der Waals surface area contributed by atoms with E-state index in [1.807, 2.05) is 0 Å². The molecule has 0 fully saturated rings. The lowest BCUT2D eigenvalue weighted by Crippen LogP contribution is -2.60. The average molecular weight is 2020 g/mol. The lowest BCUT2D eigenvalue weighted by Gasteiger charge is -2.27. The number of amides is 20. The molecule has 0 heterocycles. The van der Waals surface area contributed by atoms with E-state index in [0.29, 0.717) is 116 Å². The van der Waals surface area contributed by atoms with Gasteiger partial charge in [0.15, 0.2) is 0 Å². The van der Waals surface area contributed by atoms with E-state index in [-0.39, 0.29) is 117 Å². The molecule has 0 saturated carbocycles. The Morgan fingerprint density at radius 2 is 0.261 bits per heavy atom. The van der Waals surface area contributed by atoms with Gasteiger partial charge in [-0.05, 0) is 309 Å². The maximum absolute atomic E-state index is 14.3. The van der Waals surface area contributed by atoms with Crippen LogP contribution in [0.15, 0.2) is 0 Å². The summed E-state index contributed by atoms with van der Waals surface area (Å²) in [6.07, 6.45) is 7.65. The minimum absolute atomic E-state index is 0.00722. The number of carboxylic acid groups (broad SMARTS) is 1. The highest BCUT2D eigenvalue weighted by molar-refractivity contribution is 6.02. The van der Waals surface area contributed by atoms with Gasteiger partial charge in [-0.25, -0.2) is 0 Å². The summed E-state index contributed by atoms with van der Waals surface area (Å²) < 4.78 is 0. The van der Waals surface area contributed by atoms with Crippen LogP contribution in [0.5, 0.6) is 0 Å². The van der Waals surface area contributed by atoms with Crippen LogP contribution >= 0.6 is 0 Å². The van der Waals surface area contributed by atoms with Gasteiger partial charge in [-0.1, -0.05) is 6.42 Å². The SMILES string of the molecule is C[C@H](NC(=O)[C@H](C)NC(=O)[C@H](CCCCN)NC(=O)[C@H](CCCCN)NC(=O)[C@H](C)NC(=O)[C@H](C)NC(=O)[C@H](CCCCN)NC(=O)[C@H](C)NC(=O)[C@H](C)NC(=O)[C@H](CCCCN)NC(=O)[C@H](CCCCN)NC(=O)[C@H](C)NC(=O)[C@H](C)NC(=O)[C@H](CCCCN)NC(=O)[C@H](C)NC(=O)[C@H](C)NC(=O)[C@H](CCCCN)NC(=O)[C@H](CCCCN)NC(=O)[C@H](C)NC(=O)[C@H](C)NC(=O)[C@@H](N)CCCCN)C(=O)O. The highest BCUT2D eigenvalue weighted by Crippen LogP contribution is 2.14. The third kappa shape index (κ3) is 53.5. The van der Waals surface area contributed by atoms with Crippen LogP contribution < -0.4 is 164 Å². The van der Waals surface area contributed by atoms with Crippen LogP contribution in [0, 0.1) is 0 Å². The molecular weight excluding hydrogens is 1850 g/mol. The quantitative estimate of drug-likeness (QED) is 0.0251. The van der Waals surface area contributed by atoms with Crippen molar-refractivity contribution in [2.24, 2.45) is 57.3 Å². The summed E-state index contributed by atoms with van der Waals surface area (Å²) in [6, 6.07) is -27.1. The van der Waals surface area contributed by atoms with Crippen molar-refractivity contribution in [1.29, 1.82) is 0 Å². The predicted molar refractivity (Wildman–Crippen MR) is 528 cm³/mol. The van der Waals surface area contributed by atoms with Crippen LogP contribution in [-0.4, -0.2) is 315 Å². The molecule has 0 saturated heterocycles. The van der Waals surface area contributed by atoms with Gasteiger partial charge < -0.3 is 169 Å². The molecule has 0 radical (unpaired) electrons. The summed E-state index contributed by atoms with van der Waals surface area (Å²) in [7, 11) is 0. The number of nitrogens with one attached hydrogen (secondary N) is 20. The molecule has 52 nitrogen and oxygen atoms in total. The van der Waals surface area contributed by atoms with Crippen molar-refractivity contribution >= 4 is 124 Å². The zero-order valence-electron chi connectivity index (χ0n) is 84.9. The lowest BCUT2D eigenvalue weighted by atomic mass is 10.0. The van der Waals surface area contributed by atoms with E-state index in [2.05, 4.69) is 106 Å². The summed E-state index contributed by atoms with van der Waals surface area (Å²) in [5.74, 6) is -17.7. The van der Waals surface area contributed by atoms with E-state index in [1.165, 1.54) is 83.1 Å².